The minimum atomic E-state index is -0.555. The standard InChI is InChI=1S/C19H18N4O/c1-11-21-8-15-16(22-11)7-6-14(19(15)24)18-13-5-3-2-4-12(13)17-9-20-10-23(17)18/h2-5,8-10,14,18-19,24H,6-7H2,1H3/t14-,18+,19-/m0/s1. The van der Waals surface area contributed by atoms with Gasteiger partial charge in [-0.05, 0) is 25.3 Å². The molecule has 0 radical (unpaired) electrons. The summed E-state index contributed by atoms with van der Waals surface area (Å²) in [5, 5.41) is 11.0. The van der Waals surface area contributed by atoms with E-state index >= 15 is 0 Å². The third-order valence-electron chi connectivity index (χ3n) is 5.39. The molecule has 1 aliphatic carbocycles. The highest BCUT2D eigenvalue weighted by Gasteiger charge is 2.40. The first-order chi connectivity index (χ1) is 11.7. The Kier molecular flexibility index (Phi) is 2.88. The van der Waals surface area contributed by atoms with Gasteiger partial charge in [0.25, 0.3) is 0 Å². The normalized spacial score (nSPS) is 24.3. The van der Waals surface area contributed by atoms with Crippen LogP contribution in [-0.4, -0.2) is 24.6 Å². The maximum absolute atomic E-state index is 11.0. The van der Waals surface area contributed by atoms with Crippen molar-refractivity contribution in [2.45, 2.75) is 31.9 Å². The van der Waals surface area contributed by atoms with Gasteiger partial charge in [0.2, 0.25) is 0 Å². The summed E-state index contributed by atoms with van der Waals surface area (Å²) in [6.07, 6.45) is 6.82. The fourth-order valence-corrected chi connectivity index (χ4v) is 4.31. The van der Waals surface area contributed by atoms with Crippen LogP contribution in [0.1, 0.15) is 41.2 Å². The molecule has 0 bridgehead atoms. The molecule has 3 heterocycles. The first-order valence-corrected chi connectivity index (χ1v) is 8.35. The number of hydrogen-bond acceptors (Lipinski definition) is 4. The van der Waals surface area contributed by atoms with Gasteiger partial charge in [-0.3, -0.25) is 0 Å². The Morgan fingerprint density at radius 1 is 1.17 bits per heavy atom. The van der Waals surface area contributed by atoms with Crippen LogP contribution < -0.4 is 0 Å². The van der Waals surface area contributed by atoms with Gasteiger partial charge in [0, 0.05) is 28.9 Å². The molecule has 0 amide bonds. The zero-order valence-corrected chi connectivity index (χ0v) is 13.4. The molecule has 1 aromatic carbocycles. The lowest BCUT2D eigenvalue weighted by Gasteiger charge is -2.34. The second-order valence-corrected chi connectivity index (χ2v) is 6.68. The molecule has 0 unspecified atom stereocenters. The summed E-state index contributed by atoms with van der Waals surface area (Å²) in [6, 6.07) is 8.55. The zero-order chi connectivity index (χ0) is 16.3. The van der Waals surface area contributed by atoms with Crippen LogP contribution in [0.2, 0.25) is 0 Å². The number of aliphatic hydroxyl groups is 1. The van der Waals surface area contributed by atoms with Crippen LogP contribution in [-0.2, 0) is 6.42 Å². The Balaban J connectivity index is 1.62. The van der Waals surface area contributed by atoms with E-state index in [-0.39, 0.29) is 12.0 Å². The first-order valence-electron chi connectivity index (χ1n) is 8.35. The zero-order valence-electron chi connectivity index (χ0n) is 13.4. The van der Waals surface area contributed by atoms with Crippen molar-refractivity contribution in [2.75, 3.05) is 0 Å². The number of nitrogens with zero attached hydrogens (tertiary/aromatic N) is 4. The van der Waals surface area contributed by atoms with Crippen LogP contribution in [0, 0.1) is 12.8 Å². The third kappa shape index (κ3) is 1.82. The van der Waals surface area contributed by atoms with Crippen LogP contribution in [0.15, 0.2) is 43.0 Å². The molecule has 1 N–H and O–H groups in total. The van der Waals surface area contributed by atoms with Gasteiger partial charge in [-0.25, -0.2) is 15.0 Å². The fraction of sp³-hybridized carbons (Fsp3) is 0.316. The SMILES string of the molecule is Cc1ncc2c(n1)CC[C@@H]([C@H]1c3ccccc3-c3cncn31)[C@@H]2O. The number of aliphatic hydroxyl groups excluding tert-OH is 1. The van der Waals surface area contributed by atoms with Gasteiger partial charge in [0.15, 0.2) is 0 Å². The van der Waals surface area contributed by atoms with Crippen LogP contribution in [0.4, 0.5) is 0 Å². The fourth-order valence-electron chi connectivity index (χ4n) is 4.31. The summed E-state index contributed by atoms with van der Waals surface area (Å²) in [6.45, 7) is 1.89. The highest BCUT2D eigenvalue weighted by molar-refractivity contribution is 5.69. The van der Waals surface area contributed by atoms with Crippen LogP contribution in [0.3, 0.4) is 0 Å². The van der Waals surface area contributed by atoms with Crippen LogP contribution in [0.25, 0.3) is 11.3 Å². The maximum Gasteiger partial charge on any atom is 0.125 e. The number of benzene rings is 1. The average Bonchev–Trinajstić information content (AvgIpc) is 3.16. The lowest BCUT2D eigenvalue weighted by Crippen LogP contribution is -2.29. The molecule has 1 aliphatic heterocycles. The molecule has 0 saturated heterocycles. The second-order valence-electron chi connectivity index (χ2n) is 6.68. The second kappa shape index (κ2) is 4.98. The van der Waals surface area contributed by atoms with Crippen molar-refractivity contribution in [2.24, 2.45) is 5.92 Å². The summed E-state index contributed by atoms with van der Waals surface area (Å²) in [5.74, 6) is 0.864. The number of aromatic nitrogens is 4. The van der Waals surface area contributed by atoms with Gasteiger partial charge >= 0.3 is 0 Å². The first kappa shape index (κ1) is 13.9. The number of aryl methyl sites for hydroxylation is 2. The molecule has 3 atom stereocenters. The van der Waals surface area contributed by atoms with E-state index in [2.05, 4.69) is 43.8 Å². The van der Waals surface area contributed by atoms with E-state index in [9.17, 15) is 5.11 Å². The Morgan fingerprint density at radius 3 is 2.96 bits per heavy atom. The molecule has 0 spiro atoms. The number of rotatable bonds is 1. The molecule has 3 aromatic rings. The van der Waals surface area contributed by atoms with E-state index in [0.717, 1.165) is 35.6 Å². The Labute approximate surface area is 140 Å². The molecular formula is C19H18N4O. The summed E-state index contributed by atoms with van der Waals surface area (Å²) in [4.78, 5) is 13.1. The van der Waals surface area contributed by atoms with Crippen molar-refractivity contribution >= 4 is 0 Å². The van der Waals surface area contributed by atoms with Crippen LogP contribution >= 0.6 is 0 Å². The highest BCUT2D eigenvalue weighted by Crippen LogP contribution is 2.49. The van der Waals surface area contributed by atoms with Crippen molar-refractivity contribution in [3.63, 3.8) is 0 Å². The monoisotopic (exact) mass is 318 g/mol. The Bertz CT molecular complexity index is 933. The van der Waals surface area contributed by atoms with Crippen LogP contribution in [0.5, 0.6) is 0 Å². The van der Waals surface area contributed by atoms with Crippen molar-refractivity contribution in [1.82, 2.24) is 19.5 Å². The van der Waals surface area contributed by atoms with Crippen molar-refractivity contribution in [3.05, 3.63) is 65.6 Å². The maximum atomic E-state index is 11.0. The molecule has 0 fully saturated rings. The van der Waals surface area contributed by atoms with Crippen molar-refractivity contribution in [3.8, 4) is 11.3 Å². The molecule has 24 heavy (non-hydrogen) atoms. The van der Waals surface area contributed by atoms with Gasteiger partial charge < -0.3 is 9.67 Å². The number of hydrogen-bond donors (Lipinski definition) is 1. The van der Waals surface area contributed by atoms with E-state index in [1.54, 1.807) is 6.20 Å². The minimum absolute atomic E-state index is 0.0976. The topological polar surface area (TPSA) is 63.8 Å². The summed E-state index contributed by atoms with van der Waals surface area (Å²) >= 11 is 0. The molecule has 2 aliphatic rings. The number of imidazole rings is 1. The lowest BCUT2D eigenvalue weighted by atomic mass is 9.78. The summed E-state index contributed by atoms with van der Waals surface area (Å²) in [7, 11) is 0. The molecule has 5 heteroatoms. The largest absolute Gasteiger partial charge is 0.388 e. The molecular weight excluding hydrogens is 300 g/mol. The van der Waals surface area contributed by atoms with Crippen molar-refractivity contribution < 1.29 is 5.11 Å². The van der Waals surface area contributed by atoms with E-state index in [4.69, 9.17) is 0 Å². The quantitative estimate of drug-likeness (QED) is 0.749. The number of fused-ring (bicyclic) bond motifs is 4. The smallest absolute Gasteiger partial charge is 0.125 e. The molecule has 5 nitrogen and oxygen atoms in total. The van der Waals surface area contributed by atoms with Crippen molar-refractivity contribution in [1.29, 1.82) is 0 Å². The van der Waals surface area contributed by atoms with Gasteiger partial charge in [0.1, 0.15) is 5.82 Å². The van der Waals surface area contributed by atoms with Gasteiger partial charge in [-0.15, -0.1) is 0 Å². The van der Waals surface area contributed by atoms with E-state index in [1.807, 2.05) is 19.4 Å². The van der Waals surface area contributed by atoms with Gasteiger partial charge in [0.05, 0.1) is 30.4 Å². The third-order valence-corrected chi connectivity index (χ3v) is 5.39. The van der Waals surface area contributed by atoms with E-state index < -0.39 is 6.10 Å². The summed E-state index contributed by atoms with van der Waals surface area (Å²) < 4.78 is 2.21. The predicted octanol–water partition coefficient (Wildman–Crippen LogP) is 2.85. The van der Waals surface area contributed by atoms with Gasteiger partial charge in [-0.2, -0.15) is 0 Å². The highest BCUT2D eigenvalue weighted by atomic mass is 16.3. The summed E-state index contributed by atoms with van der Waals surface area (Å²) in [5.41, 5.74) is 5.49. The molecule has 120 valence electrons. The van der Waals surface area contributed by atoms with E-state index in [0.29, 0.717) is 0 Å². The molecule has 0 saturated carbocycles. The minimum Gasteiger partial charge on any atom is -0.388 e. The molecule has 2 aromatic heterocycles. The van der Waals surface area contributed by atoms with Gasteiger partial charge in [-0.1, -0.05) is 24.3 Å². The Hall–Kier alpha value is -2.53. The van der Waals surface area contributed by atoms with E-state index in [1.165, 1.54) is 11.1 Å². The average molecular weight is 318 g/mol. The predicted molar refractivity (Wildman–Crippen MR) is 89.3 cm³/mol. The Morgan fingerprint density at radius 2 is 2.04 bits per heavy atom. The lowest BCUT2D eigenvalue weighted by molar-refractivity contribution is 0.0705. The molecule has 5 rings (SSSR count).